The van der Waals surface area contributed by atoms with Gasteiger partial charge < -0.3 is 5.73 Å². The van der Waals surface area contributed by atoms with Crippen LogP contribution < -0.4 is 5.73 Å². The molecule has 0 unspecified atom stereocenters. The molecule has 3 nitrogen and oxygen atoms in total. The first-order valence-corrected chi connectivity index (χ1v) is 5.37. The summed E-state index contributed by atoms with van der Waals surface area (Å²) in [6.07, 6.45) is 0. The van der Waals surface area contributed by atoms with E-state index in [1.807, 2.05) is 49.4 Å². The van der Waals surface area contributed by atoms with Crippen molar-refractivity contribution in [3.05, 3.63) is 53.1 Å². The predicted molar refractivity (Wildman–Crippen MR) is 71.3 cm³/mol. The minimum absolute atomic E-state index is 0.743. The van der Waals surface area contributed by atoms with E-state index in [1.165, 1.54) is 0 Å². The van der Waals surface area contributed by atoms with Gasteiger partial charge in [0.25, 0.3) is 0 Å². The van der Waals surface area contributed by atoms with Crippen molar-refractivity contribution >= 4 is 17.3 Å². The highest BCUT2D eigenvalue weighted by Crippen LogP contribution is 2.32. The first-order valence-electron chi connectivity index (χ1n) is 4.99. The van der Waals surface area contributed by atoms with E-state index in [0.29, 0.717) is 0 Å². The summed E-state index contributed by atoms with van der Waals surface area (Å²) in [5.41, 5.74) is 9.78. The number of hydrogen-bond acceptors (Lipinski definition) is 3. The lowest BCUT2D eigenvalue weighted by molar-refractivity contribution is -0.176. The summed E-state index contributed by atoms with van der Waals surface area (Å²) in [5, 5.41) is 12.7. The summed E-state index contributed by atoms with van der Waals surface area (Å²) >= 11 is 6.18. The quantitative estimate of drug-likeness (QED) is 0.409. The highest BCUT2D eigenvalue weighted by atomic mass is 35.5. The predicted octanol–water partition coefficient (Wildman–Crippen LogP) is 3.92. The Hall–Kier alpha value is -1.55. The van der Waals surface area contributed by atoms with Gasteiger partial charge in [-0.25, -0.2) is 0 Å². The van der Waals surface area contributed by atoms with Gasteiger partial charge in [-0.3, -0.25) is 10.5 Å². The summed E-state index contributed by atoms with van der Waals surface area (Å²) < 4.78 is 0. The number of halogens is 1. The molecule has 17 heavy (non-hydrogen) atoms. The number of benzene rings is 2. The number of aryl methyl sites for hydroxylation is 1. The van der Waals surface area contributed by atoms with Crippen molar-refractivity contribution in [2.75, 3.05) is 5.73 Å². The Morgan fingerprint density at radius 2 is 1.65 bits per heavy atom. The van der Waals surface area contributed by atoms with Crippen LogP contribution in [0.3, 0.4) is 0 Å². The minimum Gasteiger partial charge on any atom is -0.398 e. The Morgan fingerprint density at radius 3 is 2.24 bits per heavy atom. The van der Waals surface area contributed by atoms with Crippen molar-refractivity contribution in [1.82, 2.24) is 0 Å². The number of anilines is 1. The van der Waals surface area contributed by atoms with E-state index in [9.17, 15) is 0 Å². The second-order valence-corrected chi connectivity index (χ2v) is 3.98. The van der Waals surface area contributed by atoms with Crippen molar-refractivity contribution in [3.8, 4) is 11.1 Å². The molecule has 0 spiro atoms. The Bertz CT molecular complexity index is 501. The summed E-state index contributed by atoms with van der Waals surface area (Å²) in [5.74, 6) is 0. The zero-order valence-corrected chi connectivity index (χ0v) is 10.1. The molecule has 0 saturated carbocycles. The first kappa shape index (κ1) is 13.5. The van der Waals surface area contributed by atoms with E-state index < -0.39 is 0 Å². The standard InChI is InChI=1S/C13H12ClN.H2O2/c1-9-6-7-10(12(14)8-9)11-4-2-3-5-13(11)15;1-2/h2-8H,15H2,1H3;1-2H. The largest absolute Gasteiger partial charge is 0.398 e. The van der Waals surface area contributed by atoms with E-state index in [4.69, 9.17) is 27.8 Å². The molecule has 2 rings (SSSR count). The third kappa shape index (κ3) is 3.20. The molecular weight excluding hydrogens is 238 g/mol. The molecule has 0 aliphatic rings. The van der Waals surface area contributed by atoms with Gasteiger partial charge in [0.05, 0.1) is 0 Å². The lowest BCUT2D eigenvalue weighted by Gasteiger charge is -2.08. The molecule has 0 aromatic heterocycles. The van der Waals surface area contributed by atoms with E-state index in [0.717, 1.165) is 27.4 Å². The number of para-hydroxylation sites is 1. The second kappa shape index (κ2) is 6.25. The van der Waals surface area contributed by atoms with Crippen molar-refractivity contribution in [1.29, 1.82) is 0 Å². The van der Waals surface area contributed by atoms with E-state index >= 15 is 0 Å². The van der Waals surface area contributed by atoms with Gasteiger partial charge in [-0.2, -0.15) is 0 Å². The van der Waals surface area contributed by atoms with Gasteiger partial charge in [0.1, 0.15) is 0 Å². The molecule has 0 amide bonds. The molecule has 90 valence electrons. The SMILES string of the molecule is Cc1ccc(-c2ccccc2N)c(Cl)c1.OO. The molecule has 0 saturated heterocycles. The van der Waals surface area contributed by atoms with Crippen LogP contribution in [0.5, 0.6) is 0 Å². The molecule has 2 aromatic rings. The van der Waals surface area contributed by atoms with E-state index in [1.54, 1.807) is 0 Å². The lowest BCUT2D eigenvalue weighted by Crippen LogP contribution is -1.90. The molecule has 4 N–H and O–H groups in total. The molecule has 0 heterocycles. The maximum absolute atomic E-state index is 6.18. The van der Waals surface area contributed by atoms with Gasteiger partial charge in [0.15, 0.2) is 0 Å². The van der Waals surface area contributed by atoms with Crippen LogP contribution >= 0.6 is 11.6 Å². The maximum Gasteiger partial charge on any atom is 0.0487 e. The molecule has 0 bridgehead atoms. The topological polar surface area (TPSA) is 66.5 Å². The second-order valence-electron chi connectivity index (χ2n) is 3.57. The third-order valence-electron chi connectivity index (χ3n) is 2.38. The highest BCUT2D eigenvalue weighted by Gasteiger charge is 2.05. The molecule has 0 fully saturated rings. The minimum atomic E-state index is 0.743. The smallest absolute Gasteiger partial charge is 0.0487 e. The van der Waals surface area contributed by atoms with Crippen LogP contribution in [0.15, 0.2) is 42.5 Å². The van der Waals surface area contributed by atoms with Crippen LogP contribution in [0, 0.1) is 6.92 Å². The molecule has 2 aromatic carbocycles. The first-order chi connectivity index (χ1) is 8.18. The highest BCUT2D eigenvalue weighted by molar-refractivity contribution is 6.33. The van der Waals surface area contributed by atoms with E-state index in [-0.39, 0.29) is 0 Å². The van der Waals surface area contributed by atoms with Crippen LogP contribution in [0.1, 0.15) is 5.56 Å². The van der Waals surface area contributed by atoms with Crippen molar-refractivity contribution in [2.24, 2.45) is 0 Å². The maximum atomic E-state index is 6.18. The summed E-state index contributed by atoms with van der Waals surface area (Å²) in [6, 6.07) is 13.7. The number of hydrogen-bond donors (Lipinski definition) is 3. The fraction of sp³-hybridized carbons (Fsp3) is 0.0769. The summed E-state index contributed by atoms with van der Waals surface area (Å²) in [4.78, 5) is 0. The van der Waals surface area contributed by atoms with Crippen molar-refractivity contribution in [3.63, 3.8) is 0 Å². The van der Waals surface area contributed by atoms with E-state index in [2.05, 4.69) is 0 Å². The summed E-state index contributed by atoms with van der Waals surface area (Å²) in [7, 11) is 0. The monoisotopic (exact) mass is 251 g/mol. The molecule has 4 heteroatoms. The average molecular weight is 252 g/mol. The normalized spacial score (nSPS) is 9.41. The fourth-order valence-electron chi connectivity index (χ4n) is 1.58. The van der Waals surface area contributed by atoms with Gasteiger partial charge in [-0.05, 0) is 24.6 Å². The third-order valence-corrected chi connectivity index (χ3v) is 2.69. The number of nitrogen functional groups attached to an aromatic ring is 1. The van der Waals surface area contributed by atoms with Crippen molar-refractivity contribution in [2.45, 2.75) is 6.92 Å². The number of rotatable bonds is 1. The molecular formula is C13H14ClNO2. The Kier molecular flexibility index (Phi) is 4.97. The lowest BCUT2D eigenvalue weighted by atomic mass is 10.0. The van der Waals surface area contributed by atoms with Crippen LogP contribution in [0.25, 0.3) is 11.1 Å². The Morgan fingerprint density at radius 1 is 1.00 bits per heavy atom. The van der Waals surface area contributed by atoms with Gasteiger partial charge in [0.2, 0.25) is 0 Å². The zero-order chi connectivity index (χ0) is 12.8. The van der Waals surface area contributed by atoms with Crippen LogP contribution in [-0.4, -0.2) is 10.5 Å². The molecule has 0 aliphatic heterocycles. The zero-order valence-electron chi connectivity index (χ0n) is 9.39. The molecule has 0 atom stereocenters. The average Bonchev–Trinajstić information content (AvgIpc) is 2.33. The van der Waals surface area contributed by atoms with Crippen molar-refractivity contribution < 1.29 is 10.5 Å². The van der Waals surface area contributed by atoms with Crippen LogP contribution in [0.2, 0.25) is 5.02 Å². The Balaban J connectivity index is 0.000000686. The van der Waals surface area contributed by atoms with Crippen LogP contribution in [0.4, 0.5) is 5.69 Å². The summed E-state index contributed by atoms with van der Waals surface area (Å²) in [6.45, 7) is 2.02. The van der Waals surface area contributed by atoms with Gasteiger partial charge in [-0.1, -0.05) is 41.9 Å². The van der Waals surface area contributed by atoms with Gasteiger partial charge in [0, 0.05) is 21.8 Å². The van der Waals surface area contributed by atoms with Gasteiger partial charge in [-0.15, -0.1) is 0 Å². The Labute approximate surface area is 105 Å². The van der Waals surface area contributed by atoms with Crippen LogP contribution in [-0.2, 0) is 0 Å². The van der Waals surface area contributed by atoms with Gasteiger partial charge >= 0.3 is 0 Å². The number of nitrogens with two attached hydrogens (primary N) is 1. The fourth-order valence-corrected chi connectivity index (χ4v) is 1.92. The molecule has 0 radical (unpaired) electrons. The molecule has 0 aliphatic carbocycles.